The predicted molar refractivity (Wildman–Crippen MR) is 80.4 cm³/mol. The molecule has 4 heteroatoms. The SMILES string of the molecule is NCC1(C(=O)N2CCC(N3CCCCC3)CC2)CCC1. The number of nitrogens with zero attached hydrogens (tertiary/aromatic N) is 2. The van der Waals surface area contributed by atoms with Gasteiger partial charge in [0, 0.05) is 25.7 Å². The molecule has 0 bridgehead atoms. The molecule has 3 aliphatic rings. The van der Waals surface area contributed by atoms with Crippen LogP contribution < -0.4 is 5.73 Å². The van der Waals surface area contributed by atoms with E-state index in [1.165, 1.54) is 38.8 Å². The molecule has 1 saturated carbocycles. The number of rotatable bonds is 3. The summed E-state index contributed by atoms with van der Waals surface area (Å²) in [6.45, 7) is 4.97. The van der Waals surface area contributed by atoms with Gasteiger partial charge in [0.15, 0.2) is 0 Å². The number of piperidine rings is 2. The van der Waals surface area contributed by atoms with Crippen molar-refractivity contribution in [2.45, 2.75) is 57.4 Å². The molecule has 1 amide bonds. The lowest BCUT2D eigenvalue weighted by molar-refractivity contribution is -0.148. The zero-order chi connectivity index (χ0) is 14.0. The van der Waals surface area contributed by atoms with Crippen LogP contribution in [0.2, 0.25) is 0 Å². The molecule has 0 unspecified atom stereocenters. The highest BCUT2D eigenvalue weighted by Crippen LogP contribution is 2.42. The van der Waals surface area contributed by atoms with Gasteiger partial charge in [0.2, 0.25) is 5.91 Å². The molecule has 0 aromatic heterocycles. The standard InChI is InChI=1S/C16H29N3O/c17-13-16(7-4-8-16)15(20)19-11-5-14(6-12-19)18-9-2-1-3-10-18/h14H,1-13,17H2. The average Bonchev–Trinajstić information content (AvgIpc) is 2.48. The quantitative estimate of drug-likeness (QED) is 0.853. The van der Waals surface area contributed by atoms with E-state index < -0.39 is 0 Å². The van der Waals surface area contributed by atoms with E-state index >= 15 is 0 Å². The fourth-order valence-electron chi connectivity index (χ4n) is 4.16. The minimum atomic E-state index is -0.183. The molecule has 114 valence electrons. The Kier molecular flexibility index (Phi) is 4.32. The first kappa shape index (κ1) is 14.3. The fraction of sp³-hybridized carbons (Fsp3) is 0.938. The van der Waals surface area contributed by atoms with Gasteiger partial charge in [-0.05, 0) is 51.6 Å². The molecule has 20 heavy (non-hydrogen) atoms. The maximum Gasteiger partial charge on any atom is 0.230 e. The van der Waals surface area contributed by atoms with Crippen molar-refractivity contribution in [1.82, 2.24) is 9.80 Å². The summed E-state index contributed by atoms with van der Waals surface area (Å²) in [6, 6.07) is 0.717. The van der Waals surface area contributed by atoms with Crippen molar-refractivity contribution < 1.29 is 4.79 Å². The van der Waals surface area contributed by atoms with Gasteiger partial charge >= 0.3 is 0 Å². The molecular weight excluding hydrogens is 250 g/mol. The van der Waals surface area contributed by atoms with Crippen molar-refractivity contribution in [2.24, 2.45) is 11.1 Å². The van der Waals surface area contributed by atoms with Crippen LogP contribution in [0.15, 0.2) is 0 Å². The van der Waals surface area contributed by atoms with Gasteiger partial charge in [-0.3, -0.25) is 4.79 Å². The second-order valence-electron chi connectivity index (χ2n) is 6.96. The van der Waals surface area contributed by atoms with E-state index in [1.54, 1.807) is 0 Å². The molecule has 0 spiro atoms. The summed E-state index contributed by atoms with van der Waals surface area (Å²) in [5.41, 5.74) is 5.68. The van der Waals surface area contributed by atoms with E-state index in [2.05, 4.69) is 9.80 Å². The Bertz CT molecular complexity index is 334. The van der Waals surface area contributed by atoms with E-state index in [4.69, 9.17) is 5.73 Å². The van der Waals surface area contributed by atoms with Crippen LogP contribution in [0, 0.1) is 5.41 Å². The maximum atomic E-state index is 12.6. The van der Waals surface area contributed by atoms with E-state index in [1.807, 2.05) is 0 Å². The van der Waals surface area contributed by atoms with Gasteiger partial charge in [-0.1, -0.05) is 12.8 Å². The monoisotopic (exact) mass is 279 g/mol. The molecule has 3 fully saturated rings. The summed E-state index contributed by atoms with van der Waals surface area (Å²) in [4.78, 5) is 17.4. The lowest BCUT2D eigenvalue weighted by atomic mass is 9.67. The second kappa shape index (κ2) is 6.02. The summed E-state index contributed by atoms with van der Waals surface area (Å²) in [6.07, 6.45) is 9.62. The Labute approximate surface area is 122 Å². The summed E-state index contributed by atoms with van der Waals surface area (Å²) in [5, 5.41) is 0. The van der Waals surface area contributed by atoms with Gasteiger partial charge in [0.1, 0.15) is 0 Å². The first-order valence-corrected chi connectivity index (χ1v) is 8.49. The molecule has 0 atom stereocenters. The Hall–Kier alpha value is -0.610. The van der Waals surface area contributed by atoms with Crippen LogP contribution in [0.3, 0.4) is 0 Å². The van der Waals surface area contributed by atoms with Gasteiger partial charge < -0.3 is 15.5 Å². The Morgan fingerprint density at radius 1 is 1.00 bits per heavy atom. The van der Waals surface area contributed by atoms with Crippen LogP contribution in [0.4, 0.5) is 0 Å². The lowest BCUT2D eigenvalue weighted by Crippen LogP contribution is -2.55. The summed E-state index contributed by atoms with van der Waals surface area (Å²) in [5.74, 6) is 0.350. The number of nitrogens with two attached hydrogens (primary N) is 1. The van der Waals surface area contributed by atoms with Crippen molar-refractivity contribution in [1.29, 1.82) is 0 Å². The minimum absolute atomic E-state index is 0.183. The zero-order valence-electron chi connectivity index (χ0n) is 12.6. The Morgan fingerprint density at radius 3 is 2.15 bits per heavy atom. The van der Waals surface area contributed by atoms with Crippen LogP contribution >= 0.6 is 0 Å². The topological polar surface area (TPSA) is 49.6 Å². The number of hydrogen-bond donors (Lipinski definition) is 1. The van der Waals surface area contributed by atoms with Crippen molar-refractivity contribution in [3.8, 4) is 0 Å². The molecule has 2 saturated heterocycles. The van der Waals surface area contributed by atoms with E-state index in [-0.39, 0.29) is 5.41 Å². The lowest BCUT2D eigenvalue weighted by Gasteiger charge is -2.46. The zero-order valence-corrected chi connectivity index (χ0v) is 12.6. The van der Waals surface area contributed by atoms with Crippen LogP contribution in [0.1, 0.15) is 51.4 Å². The van der Waals surface area contributed by atoms with Gasteiger partial charge in [0.05, 0.1) is 5.41 Å². The highest BCUT2D eigenvalue weighted by molar-refractivity contribution is 5.84. The Morgan fingerprint density at radius 2 is 1.65 bits per heavy atom. The molecule has 4 nitrogen and oxygen atoms in total. The van der Waals surface area contributed by atoms with Crippen molar-refractivity contribution in [2.75, 3.05) is 32.7 Å². The van der Waals surface area contributed by atoms with Crippen LogP contribution in [0.25, 0.3) is 0 Å². The van der Waals surface area contributed by atoms with E-state index in [9.17, 15) is 4.79 Å². The average molecular weight is 279 g/mol. The van der Waals surface area contributed by atoms with Gasteiger partial charge in [-0.2, -0.15) is 0 Å². The molecule has 0 aromatic carbocycles. The van der Waals surface area contributed by atoms with E-state index in [0.717, 1.165) is 44.8 Å². The predicted octanol–water partition coefficient (Wildman–Crippen LogP) is 1.59. The minimum Gasteiger partial charge on any atom is -0.342 e. The first-order valence-electron chi connectivity index (χ1n) is 8.49. The highest BCUT2D eigenvalue weighted by Gasteiger charge is 2.45. The van der Waals surface area contributed by atoms with Gasteiger partial charge in [-0.15, -0.1) is 0 Å². The highest BCUT2D eigenvalue weighted by atomic mass is 16.2. The Balaban J connectivity index is 1.51. The van der Waals surface area contributed by atoms with Crippen molar-refractivity contribution >= 4 is 5.91 Å². The van der Waals surface area contributed by atoms with Crippen molar-refractivity contribution in [3.05, 3.63) is 0 Å². The fourth-order valence-corrected chi connectivity index (χ4v) is 4.16. The van der Waals surface area contributed by atoms with Crippen LogP contribution in [0.5, 0.6) is 0 Å². The second-order valence-corrected chi connectivity index (χ2v) is 6.96. The molecule has 2 heterocycles. The third kappa shape index (κ3) is 2.60. The molecule has 2 N–H and O–H groups in total. The number of amides is 1. The molecule has 0 aromatic rings. The molecule has 0 radical (unpaired) electrons. The molecular formula is C16H29N3O. The smallest absolute Gasteiger partial charge is 0.230 e. The summed E-state index contributed by atoms with van der Waals surface area (Å²) < 4.78 is 0. The molecule has 1 aliphatic carbocycles. The third-order valence-corrected chi connectivity index (χ3v) is 5.81. The largest absolute Gasteiger partial charge is 0.342 e. The number of hydrogen-bond acceptors (Lipinski definition) is 3. The van der Waals surface area contributed by atoms with Crippen LogP contribution in [-0.2, 0) is 4.79 Å². The third-order valence-electron chi connectivity index (χ3n) is 5.81. The summed E-state index contributed by atoms with van der Waals surface area (Å²) in [7, 11) is 0. The normalized spacial score (nSPS) is 28.1. The van der Waals surface area contributed by atoms with Gasteiger partial charge in [0.25, 0.3) is 0 Å². The maximum absolute atomic E-state index is 12.6. The first-order chi connectivity index (χ1) is 9.75. The summed E-state index contributed by atoms with van der Waals surface area (Å²) >= 11 is 0. The molecule has 2 aliphatic heterocycles. The van der Waals surface area contributed by atoms with Crippen LogP contribution in [-0.4, -0.2) is 54.5 Å². The van der Waals surface area contributed by atoms with Gasteiger partial charge in [-0.25, -0.2) is 0 Å². The number of carbonyl (C=O) groups is 1. The number of carbonyl (C=O) groups excluding carboxylic acids is 1. The molecule has 3 rings (SSSR count). The van der Waals surface area contributed by atoms with E-state index in [0.29, 0.717) is 12.5 Å². The van der Waals surface area contributed by atoms with Crippen molar-refractivity contribution in [3.63, 3.8) is 0 Å². The number of likely N-dealkylation sites (tertiary alicyclic amines) is 2.